The van der Waals surface area contributed by atoms with Crippen LogP contribution >= 0.6 is 22.7 Å². The third-order valence-corrected chi connectivity index (χ3v) is 11.5. The summed E-state index contributed by atoms with van der Waals surface area (Å²) >= 11 is 3.11. The molecule has 0 spiro atoms. The molecule has 3 aromatic carbocycles. The van der Waals surface area contributed by atoms with Gasteiger partial charge in [0.15, 0.2) is 19.7 Å². The van der Waals surface area contributed by atoms with Gasteiger partial charge in [-0.2, -0.15) is 9.59 Å². The number of carbonyl (C=O) groups is 1. The smallest absolute Gasteiger partial charge is 0.373 e. The van der Waals surface area contributed by atoms with Crippen LogP contribution in [0.25, 0.3) is 41.8 Å². The van der Waals surface area contributed by atoms with E-state index in [9.17, 15) is 26.7 Å². The number of hydrogen-bond donors (Lipinski definition) is 1. The molecule has 0 saturated heterocycles. The molecule has 5 rings (SSSR count). The van der Waals surface area contributed by atoms with Crippen molar-refractivity contribution in [2.75, 3.05) is 12.5 Å². The zero-order valence-corrected chi connectivity index (χ0v) is 27.0. The number of hydrogen-bond acceptors (Lipinski definition) is 9. The third kappa shape index (κ3) is 7.65. The molecule has 0 aliphatic rings. The molecule has 226 valence electrons. The molecule has 8 nitrogen and oxygen atoms in total. The van der Waals surface area contributed by atoms with Crippen LogP contribution in [0.15, 0.2) is 94.7 Å². The van der Waals surface area contributed by atoms with E-state index in [0.717, 1.165) is 53.6 Å². The predicted octanol–water partition coefficient (Wildman–Crippen LogP) is 6.64. The molecule has 2 heterocycles. The monoisotopic (exact) mass is 666 g/mol. The Kier molecular flexibility index (Phi) is 9.82. The van der Waals surface area contributed by atoms with Gasteiger partial charge in [-0.15, -0.1) is 22.7 Å². The summed E-state index contributed by atoms with van der Waals surface area (Å²) in [6, 6.07) is 25.5. The minimum absolute atomic E-state index is 0.124. The molecular formula is C32H26O8S4. The Morgan fingerprint density at radius 1 is 0.659 bits per heavy atom. The van der Waals surface area contributed by atoms with E-state index in [1.165, 1.54) is 17.6 Å². The minimum Gasteiger partial charge on any atom is -0.481 e. The lowest BCUT2D eigenvalue weighted by Gasteiger charge is -2.05. The second kappa shape index (κ2) is 13.2. The second-order valence-electron chi connectivity index (χ2n) is 9.91. The van der Waals surface area contributed by atoms with E-state index in [-0.39, 0.29) is 22.4 Å². The van der Waals surface area contributed by atoms with Crippen molar-refractivity contribution in [1.29, 1.82) is 0 Å². The number of rotatable bonds is 8. The van der Waals surface area contributed by atoms with Crippen molar-refractivity contribution < 1.29 is 36.3 Å². The molecule has 0 aliphatic heterocycles. The average molecular weight is 667 g/mol. The van der Waals surface area contributed by atoms with Crippen LogP contribution in [0.3, 0.4) is 0 Å². The normalized spacial score (nSPS) is 11.3. The highest BCUT2D eigenvalue weighted by molar-refractivity contribution is 7.91. The molecule has 0 fully saturated rings. The molecule has 0 bridgehead atoms. The zero-order chi connectivity index (χ0) is 32.2. The van der Waals surface area contributed by atoms with Gasteiger partial charge in [0.2, 0.25) is 0 Å². The van der Waals surface area contributed by atoms with Crippen LogP contribution < -0.4 is 0 Å². The lowest BCUT2D eigenvalue weighted by Crippen LogP contribution is -1.99. The molecule has 2 aromatic heterocycles. The molecule has 5 aromatic rings. The summed E-state index contributed by atoms with van der Waals surface area (Å²) in [4.78, 5) is 32.3. The summed E-state index contributed by atoms with van der Waals surface area (Å²) in [5.41, 5.74) is 5.51. The Labute approximate surface area is 263 Å². The molecule has 0 saturated carbocycles. The van der Waals surface area contributed by atoms with Crippen LogP contribution in [0, 0.1) is 6.92 Å². The van der Waals surface area contributed by atoms with Gasteiger partial charge in [0.05, 0.1) is 16.2 Å². The maximum absolute atomic E-state index is 11.8. The Morgan fingerprint density at radius 3 is 1.43 bits per heavy atom. The van der Waals surface area contributed by atoms with Gasteiger partial charge in [-0.05, 0) is 76.7 Å². The molecule has 1 N–H and O–H groups in total. The number of aryl methyl sites for hydroxylation is 1. The number of carboxylic acid groups (broad SMARTS) is 1. The number of thiophene rings is 2. The van der Waals surface area contributed by atoms with Crippen LogP contribution in [-0.4, -0.2) is 46.6 Å². The van der Waals surface area contributed by atoms with Gasteiger partial charge in [-0.1, -0.05) is 48.5 Å². The predicted molar refractivity (Wildman–Crippen MR) is 171 cm³/mol. The summed E-state index contributed by atoms with van der Waals surface area (Å²) in [6.45, 7) is 2.04. The Hall–Kier alpha value is -4.19. The number of carboxylic acids is 1. The van der Waals surface area contributed by atoms with Gasteiger partial charge in [0, 0.05) is 32.0 Å². The van der Waals surface area contributed by atoms with Crippen LogP contribution in [-0.2, 0) is 40.5 Å². The van der Waals surface area contributed by atoms with E-state index in [4.69, 9.17) is 9.59 Å². The molecular weight excluding hydrogens is 641 g/mol. The van der Waals surface area contributed by atoms with Crippen LogP contribution in [0.1, 0.15) is 11.1 Å². The maximum Gasteiger partial charge on any atom is 0.373 e. The van der Waals surface area contributed by atoms with Crippen LogP contribution in [0.4, 0.5) is 0 Å². The van der Waals surface area contributed by atoms with Crippen molar-refractivity contribution >= 4 is 54.5 Å². The number of sulfone groups is 2. The van der Waals surface area contributed by atoms with Crippen molar-refractivity contribution in [3.05, 3.63) is 96.1 Å². The van der Waals surface area contributed by atoms with E-state index >= 15 is 0 Å². The fourth-order valence-corrected chi connectivity index (χ4v) is 8.16. The summed E-state index contributed by atoms with van der Waals surface area (Å²) in [5, 5.41) is 9.53. The van der Waals surface area contributed by atoms with Crippen molar-refractivity contribution in [1.82, 2.24) is 0 Å². The maximum atomic E-state index is 11.8. The molecule has 44 heavy (non-hydrogen) atoms. The second-order valence-corrected chi connectivity index (χ2v) is 16.0. The fourth-order valence-electron chi connectivity index (χ4n) is 4.53. The first-order chi connectivity index (χ1) is 20.7. The minimum atomic E-state index is -3.31. The largest absolute Gasteiger partial charge is 0.481 e. The van der Waals surface area contributed by atoms with Gasteiger partial charge in [-0.3, -0.25) is 4.79 Å². The molecule has 0 radical (unpaired) electrons. The molecule has 0 aliphatic carbocycles. The first kappa shape index (κ1) is 32.7. The molecule has 0 amide bonds. The zero-order valence-electron chi connectivity index (χ0n) is 23.7. The lowest BCUT2D eigenvalue weighted by molar-refractivity contribution is -0.191. The van der Waals surface area contributed by atoms with Crippen molar-refractivity contribution in [3.63, 3.8) is 0 Å². The van der Waals surface area contributed by atoms with E-state index in [0.29, 0.717) is 5.56 Å². The van der Waals surface area contributed by atoms with E-state index in [1.807, 2.05) is 49.4 Å². The Balaban J connectivity index is 0.00000141. The van der Waals surface area contributed by atoms with Gasteiger partial charge < -0.3 is 5.11 Å². The summed E-state index contributed by atoms with van der Waals surface area (Å²) in [7, 11) is -6.57. The molecule has 0 unspecified atom stereocenters. The summed E-state index contributed by atoms with van der Waals surface area (Å²) < 4.78 is 47.3. The molecule has 12 heteroatoms. The van der Waals surface area contributed by atoms with Crippen molar-refractivity contribution in [2.24, 2.45) is 0 Å². The quantitative estimate of drug-likeness (QED) is 0.195. The number of benzene rings is 3. The SMILES string of the molecule is Cc1cc(-c2ccc(S(C)(=O)=O)cc2)sc1-c1ccc(-c2sc(-c3ccc(S(C)(=O)=O)cc3)cc2CC(=O)O)cc1.O=C=O. The van der Waals surface area contributed by atoms with Gasteiger partial charge in [-0.25, -0.2) is 16.8 Å². The summed E-state index contributed by atoms with van der Waals surface area (Å²) in [6.07, 6.45) is 2.48. The van der Waals surface area contributed by atoms with Gasteiger partial charge in [0.1, 0.15) is 0 Å². The van der Waals surface area contributed by atoms with Crippen LogP contribution in [0.5, 0.6) is 0 Å². The van der Waals surface area contributed by atoms with Crippen molar-refractivity contribution in [2.45, 2.75) is 23.1 Å². The number of carbonyl (C=O) groups excluding carboxylic acids is 2. The van der Waals surface area contributed by atoms with E-state index < -0.39 is 25.6 Å². The standard InChI is InChI=1S/C31H26O6S4.CO2/c1-19-16-27(20-8-12-25(13-9-20)40(2,34)35)38-30(19)22-4-6-23(7-5-22)31-24(18-29(32)33)17-28(39-31)21-10-14-26(15-11-21)41(3,36)37;2-1-3/h4-17H,18H2,1-3H3,(H,32,33);. The number of aliphatic carboxylic acids is 1. The van der Waals surface area contributed by atoms with Crippen molar-refractivity contribution in [3.8, 4) is 41.8 Å². The third-order valence-electron chi connectivity index (χ3n) is 6.61. The highest BCUT2D eigenvalue weighted by Crippen LogP contribution is 2.42. The molecule has 0 atom stereocenters. The van der Waals surface area contributed by atoms with Gasteiger partial charge in [0.25, 0.3) is 0 Å². The first-order valence-electron chi connectivity index (χ1n) is 12.9. The fraction of sp³-hybridized carbons (Fsp3) is 0.125. The average Bonchev–Trinajstić information content (AvgIpc) is 3.56. The highest BCUT2D eigenvalue weighted by Gasteiger charge is 2.17. The van der Waals surface area contributed by atoms with E-state index in [1.54, 1.807) is 47.7 Å². The first-order valence-corrected chi connectivity index (χ1v) is 18.3. The Bertz CT molecular complexity index is 2060. The van der Waals surface area contributed by atoms with Crippen LogP contribution in [0.2, 0.25) is 0 Å². The van der Waals surface area contributed by atoms with Gasteiger partial charge >= 0.3 is 12.1 Å². The Morgan fingerprint density at radius 2 is 1.02 bits per heavy atom. The lowest BCUT2D eigenvalue weighted by atomic mass is 10.0. The summed E-state index contributed by atoms with van der Waals surface area (Å²) in [5.74, 6) is -0.925. The van der Waals surface area contributed by atoms with E-state index in [2.05, 4.69) is 6.07 Å². The highest BCUT2D eigenvalue weighted by atomic mass is 32.2. The topological polar surface area (TPSA) is 140 Å².